The molecule has 0 saturated carbocycles. The normalized spacial score (nSPS) is 35.3. The van der Waals surface area contributed by atoms with Crippen molar-refractivity contribution in [3.8, 4) is 0 Å². The molecular formula is C7H15NO5. The van der Waals surface area contributed by atoms with Gasteiger partial charge in [-0.1, -0.05) is 5.23 Å². The first-order valence-corrected chi connectivity index (χ1v) is 4.22. The molecule has 6 heteroatoms. The molecule has 0 amide bonds. The van der Waals surface area contributed by atoms with Gasteiger partial charge in [-0.25, -0.2) is 0 Å². The van der Waals surface area contributed by atoms with Gasteiger partial charge in [0.2, 0.25) is 0 Å². The zero-order chi connectivity index (χ0) is 9.84. The zero-order valence-corrected chi connectivity index (χ0v) is 7.20. The summed E-state index contributed by atoms with van der Waals surface area (Å²) in [6.45, 7) is 0.163. The predicted octanol–water partition coefficient (Wildman–Crippen LogP) is -1.03. The number of hydrogen-bond donors (Lipinski definition) is 4. The molecule has 0 aromatic heterocycles. The van der Waals surface area contributed by atoms with Crippen LogP contribution in [-0.2, 0) is 4.74 Å². The minimum absolute atomic E-state index is 0.0630. The van der Waals surface area contributed by atoms with Crippen LogP contribution in [0.25, 0.3) is 0 Å². The standard InChI is InChI=1S/C7H15NO5/c9-6-3-5(1-2-8(11)12)13-4-7(6)10/h5-7,9-12H,1-4H2/t5-,6?,7?/m1/s1. The molecule has 78 valence electrons. The van der Waals surface area contributed by atoms with Crippen LogP contribution in [-0.4, -0.2) is 57.3 Å². The van der Waals surface area contributed by atoms with E-state index in [0.717, 1.165) is 0 Å². The van der Waals surface area contributed by atoms with Gasteiger partial charge < -0.3 is 14.9 Å². The van der Waals surface area contributed by atoms with Crippen LogP contribution in [0.4, 0.5) is 0 Å². The Morgan fingerprint density at radius 1 is 1.23 bits per heavy atom. The second-order valence-corrected chi connectivity index (χ2v) is 3.21. The lowest BCUT2D eigenvalue weighted by molar-refractivity contribution is -0.309. The first-order chi connectivity index (χ1) is 6.09. The summed E-state index contributed by atoms with van der Waals surface area (Å²) < 4.78 is 5.15. The van der Waals surface area contributed by atoms with E-state index in [1.165, 1.54) is 0 Å². The molecule has 13 heavy (non-hydrogen) atoms. The van der Waals surface area contributed by atoms with Gasteiger partial charge in [0, 0.05) is 6.42 Å². The fourth-order valence-corrected chi connectivity index (χ4v) is 1.30. The molecule has 3 atom stereocenters. The molecule has 1 rings (SSSR count). The van der Waals surface area contributed by atoms with Gasteiger partial charge in [0.1, 0.15) is 6.10 Å². The fourth-order valence-electron chi connectivity index (χ4n) is 1.30. The van der Waals surface area contributed by atoms with E-state index in [4.69, 9.17) is 20.3 Å². The third kappa shape index (κ3) is 3.55. The minimum atomic E-state index is -0.824. The SMILES string of the molecule is OC1CO[C@H](CCN(O)O)CC1O. The summed E-state index contributed by atoms with van der Waals surface area (Å²) in [5, 5.41) is 35.3. The molecule has 6 nitrogen and oxygen atoms in total. The summed E-state index contributed by atoms with van der Waals surface area (Å²) in [5.41, 5.74) is 0. The van der Waals surface area contributed by atoms with Gasteiger partial charge in [0.25, 0.3) is 0 Å². The number of aliphatic hydroxyl groups is 2. The van der Waals surface area contributed by atoms with Crippen LogP contribution in [0.3, 0.4) is 0 Å². The van der Waals surface area contributed by atoms with Crippen LogP contribution in [0.1, 0.15) is 12.8 Å². The van der Waals surface area contributed by atoms with Crippen molar-refractivity contribution in [2.45, 2.75) is 31.2 Å². The van der Waals surface area contributed by atoms with E-state index in [0.29, 0.717) is 12.8 Å². The summed E-state index contributed by atoms with van der Waals surface area (Å²) >= 11 is 0. The van der Waals surface area contributed by atoms with Crippen molar-refractivity contribution in [1.29, 1.82) is 0 Å². The van der Waals surface area contributed by atoms with Crippen LogP contribution >= 0.6 is 0 Å². The van der Waals surface area contributed by atoms with Crippen molar-refractivity contribution in [3.63, 3.8) is 0 Å². The molecule has 0 aromatic carbocycles. The Bertz CT molecular complexity index is 154. The highest BCUT2D eigenvalue weighted by atomic mass is 16.8. The number of ether oxygens (including phenoxy) is 1. The molecule has 4 N–H and O–H groups in total. The smallest absolute Gasteiger partial charge is 0.103 e. The molecule has 1 aliphatic heterocycles. The maximum Gasteiger partial charge on any atom is 0.103 e. The van der Waals surface area contributed by atoms with E-state index in [1.807, 2.05) is 0 Å². The van der Waals surface area contributed by atoms with Crippen LogP contribution < -0.4 is 0 Å². The third-order valence-electron chi connectivity index (χ3n) is 2.10. The maximum absolute atomic E-state index is 9.24. The Balaban J connectivity index is 2.21. The molecule has 0 aliphatic carbocycles. The van der Waals surface area contributed by atoms with E-state index in [9.17, 15) is 5.11 Å². The molecular weight excluding hydrogens is 178 g/mol. The van der Waals surface area contributed by atoms with Gasteiger partial charge in [-0.2, -0.15) is 0 Å². The van der Waals surface area contributed by atoms with Gasteiger partial charge in [0.15, 0.2) is 0 Å². The highest BCUT2D eigenvalue weighted by Gasteiger charge is 2.28. The number of hydrogen-bond acceptors (Lipinski definition) is 6. The van der Waals surface area contributed by atoms with Crippen molar-refractivity contribution in [1.82, 2.24) is 5.23 Å². The molecule has 0 aromatic rings. The molecule has 1 heterocycles. The zero-order valence-electron chi connectivity index (χ0n) is 7.20. The molecule has 2 unspecified atom stereocenters. The van der Waals surface area contributed by atoms with Crippen molar-refractivity contribution >= 4 is 0 Å². The van der Waals surface area contributed by atoms with Gasteiger partial charge >= 0.3 is 0 Å². The summed E-state index contributed by atoms with van der Waals surface area (Å²) in [6, 6.07) is 0. The van der Waals surface area contributed by atoms with Gasteiger partial charge in [-0.05, 0) is 6.42 Å². The lowest BCUT2D eigenvalue weighted by Crippen LogP contribution is -2.42. The Kier molecular flexibility index (Phi) is 4.04. The third-order valence-corrected chi connectivity index (χ3v) is 2.10. The molecule has 0 spiro atoms. The van der Waals surface area contributed by atoms with E-state index in [1.54, 1.807) is 0 Å². The lowest BCUT2D eigenvalue weighted by Gasteiger charge is -2.30. The molecule has 1 fully saturated rings. The van der Waals surface area contributed by atoms with Crippen molar-refractivity contribution in [2.24, 2.45) is 0 Å². The monoisotopic (exact) mass is 193 g/mol. The highest BCUT2D eigenvalue weighted by Crippen LogP contribution is 2.16. The Morgan fingerprint density at radius 2 is 1.92 bits per heavy atom. The average Bonchev–Trinajstić information content (AvgIpc) is 2.07. The Hall–Kier alpha value is -0.240. The van der Waals surface area contributed by atoms with E-state index in [2.05, 4.69) is 0 Å². The van der Waals surface area contributed by atoms with Crippen molar-refractivity contribution < 1.29 is 25.4 Å². The molecule has 1 aliphatic rings. The highest BCUT2D eigenvalue weighted by molar-refractivity contribution is 4.77. The van der Waals surface area contributed by atoms with E-state index >= 15 is 0 Å². The van der Waals surface area contributed by atoms with Crippen molar-refractivity contribution in [2.75, 3.05) is 13.2 Å². The molecule has 1 saturated heterocycles. The summed E-state index contributed by atoms with van der Waals surface area (Å²) in [4.78, 5) is 0. The average molecular weight is 193 g/mol. The van der Waals surface area contributed by atoms with Crippen molar-refractivity contribution in [3.05, 3.63) is 0 Å². The second kappa shape index (κ2) is 4.85. The van der Waals surface area contributed by atoms with Crippen LogP contribution in [0.15, 0.2) is 0 Å². The van der Waals surface area contributed by atoms with Gasteiger partial charge in [0.05, 0.1) is 25.4 Å². The molecule has 0 bridgehead atoms. The topological polar surface area (TPSA) is 93.4 Å². The summed E-state index contributed by atoms with van der Waals surface area (Å²) in [6.07, 6.45) is -1.08. The van der Waals surface area contributed by atoms with Gasteiger partial charge in [-0.15, -0.1) is 0 Å². The van der Waals surface area contributed by atoms with Gasteiger partial charge in [-0.3, -0.25) is 10.4 Å². The summed E-state index contributed by atoms with van der Waals surface area (Å²) in [7, 11) is 0. The largest absolute Gasteiger partial charge is 0.390 e. The quantitative estimate of drug-likeness (QED) is 0.428. The predicted molar refractivity (Wildman–Crippen MR) is 41.3 cm³/mol. The fraction of sp³-hybridized carbons (Fsp3) is 1.00. The maximum atomic E-state index is 9.24. The first kappa shape index (κ1) is 10.8. The van der Waals surface area contributed by atoms with E-state index < -0.39 is 12.2 Å². The minimum Gasteiger partial charge on any atom is -0.390 e. The number of rotatable bonds is 3. The number of nitrogens with zero attached hydrogens (tertiary/aromatic N) is 1. The van der Waals surface area contributed by atoms with Crippen LogP contribution in [0.5, 0.6) is 0 Å². The summed E-state index contributed by atoms with van der Waals surface area (Å²) in [5.74, 6) is 0. The Morgan fingerprint density at radius 3 is 2.46 bits per heavy atom. The second-order valence-electron chi connectivity index (χ2n) is 3.21. The number of hydroxylamine groups is 2. The van der Waals surface area contributed by atoms with Crippen LogP contribution in [0, 0.1) is 0 Å². The van der Waals surface area contributed by atoms with E-state index in [-0.39, 0.29) is 24.5 Å². The molecule has 0 radical (unpaired) electrons. The number of aliphatic hydroxyl groups excluding tert-OH is 2. The first-order valence-electron chi connectivity index (χ1n) is 4.22. The lowest BCUT2D eigenvalue weighted by atomic mass is 10.0. The van der Waals surface area contributed by atoms with Crippen LogP contribution in [0.2, 0.25) is 0 Å². The Labute approximate surface area is 75.9 Å².